The third kappa shape index (κ3) is 4.64. The number of halogens is 1. The second-order valence-electron chi connectivity index (χ2n) is 5.65. The van der Waals surface area contributed by atoms with Gasteiger partial charge in [0, 0.05) is 35.2 Å². The summed E-state index contributed by atoms with van der Waals surface area (Å²) < 4.78 is 0. The summed E-state index contributed by atoms with van der Waals surface area (Å²) in [6, 6.07) is 11.4. The molecule has 0 aliphatic carbocycles. The van der Waals surface area contributed by atoms with Crippen molar-refractivity contribution in [3.8, 4) is 0 Å². The second-order valence-corrected chi connectivity index (χ2v) is 6.03. The molecule has 0 aliphatic heterocycles. The first-order chi connectivity index (χ1) is 12.0. The Morgan fingerprint density at radius 3 is 2.04 bits per heavy atom. The van der Waals surface area contributed by atoms with Crippen molar-refractivity contribution >= 4 is 34.7 Å². The van der Waals surface area contributed by atoms with Crippen LogP contribution in [-0.4, -0.2) is 19.9 Å². The Bertz CT molecular complexity index is 859. The van der Waals surface area contributed by atoms with Gasteiger partial charge in [-0.25, -0.2) is 19.9 Å². The predicted octanol–water partition coefficient (Wildman–Crippen LogP) is 4.59. The molecule has 1 aromatic carbocycles. The maximum Gasteiger partial charge on any atom is 0.227 e. The number of aryl methyl sites for hydroxylation is 3. The highest BCUT2D eigenvalue weighted by Crippen LogP contribution is 2.21. The number of rotatable bonds is 5. The lowest BCUT2D eigenvalue weighted by Gasteiger charge is -2.10. The molecule has 0 bridgehead atoms. The van der Waals surface area contributed by atoms with Crippen LogP contribution >= 0.6 is 11.6 Å². The summed E-state index contributed by atoms with van der Waals surface area (Å²) in [6.07, 6.45) is 0.730. The van der Waals surface area contributed by atoms with E-state index in [0.717, 1.165) is 29.2 Å². The molecule has 0 spiro atoms. The van der Waals surface area contributed by atoms with Crippen molar-refractivity contribution in [1.82, 2.24) is 19.9 Å². The van der Waals surface area contributed by atoms with E-state index in [9.17, 15) is 0 Å². The Morgan fingerprint density at radius 1 is 0.840 bits per heavy atom. The van der Waals surface area contributed by atoms with E-state index < -0.39 is 0 Å². The molecule has 2 heterocycles. The van der Waals surface area contributed by atoms with E-state index in [2.05, 4.69) is 30.6 Å². The maximum atomic E-state index is 6.02. The highest BCUT2D eigenvalue weighted by molar-refractivity contribution is 6.29. The number of anilines is 4. The molecule has 6 nitrogen and oxygen atoms in total. The zero-order valence-corrected chi connectivity index (χ0v) is 15.1. The molecule has 7 heteroatoms. The molecule has 0 unspecified atom stereocenters. The Morgan fingerprint density at radius 2 is 1.44 bits per heavy atom. The molecule has 0 saturated heterocycles. The molecule has 3 aromatic rings. The van der Waals surface area contributed by atoms with Crippen LogP contribution in [0.5, 0.6) is 0 Å². The molecule has 0 saturated carbocycles. The van der Waals surface area contributed by atoms with Crippen LogP contribution in [0.25, 0.3) is 0 Å². The topological polar surface area (TPSA) is 75.6 Å². The van der Waals surface area contributed by atoms with E-state index >= 15 is 0 Å². The van der Waals surface area contributed by atoms with Gasteiger partial charge in [0.1, 0.15) is 16.8 Å². The van der Waals surface area contributed by atoms with Crippen molar-refractivity contribution < 1.29 is 0 Å². The summed E-state index contributed by atoms with van der Waals surface area (Å²) in [5.74, 6) is 1.98. The van der Waals surface area contributed by atoms with Crippen LogP contribution in [0.3, 0.4) is 0 Å². The molecule has 3 rings (SSSR count). The van der Waals surface area contributed by atoms with Crippen LogP contribution in [0.2, 0.25) is 5.15 Å². The molecule has 128 valence electrons. The van der Waals surface area contributed by atoms with Gasteiger partial charge < -0.3 is 10.6 Å². The molecule has 0 atom stereocenters. The number of aromatic nitrogens is 4. The first-order valence-corrected chi connectivity index (χ1v) is 8.39. The average Bonchev–Trinajstić information content (AvgIpc) is 2.55. The zero-order valence-electron chi connectivity index (χ0n) is 14.3. The zero-order chi connectivity index (χ0) is 17.8. The van der Waals surface area contributed by atoms with E-state index in [1.54, 1.807) is 6.07 Å². The molecule has 0 amide bonds. The lowest BCUT2D eigenvalue weighted by atomic mass is 10.2. The number of nitrogens with one attached hydrogen (secondary N) is 2. The SMILES string of the molecule is CCc1nc(Cl)cc(Nc2ccc(Nc3nc(C)cc(C)n3)cc2)n1. The lowest BCUT2D eigenvalue weighted by molar-refractivity contribution is 0.943. The van der Waals surface area contributed by atoms with Gasteiger partial charge >= 0.3 is 0 Å². The standard InChI is InChI=1S/C18H19ClN6/c1-4-16-24-15(19)10-17(25-16)22-13-5-7-14(8-6-13)23-18-20-11(2)9-12(3)21-18/h5-10H,4H2,1-3H3,(H,20,21,23)(H,22,24,25). The quantitative estimate of drug-likeness (QED) is 0.653. The summed E-state index contributed by atoms with van der Waals surface area (Å²) in [7, 11) is 0. The number of nitrogens with zero attached hydrogens (tertiary/aromatic N) is 4. The number of benzene rings is 1. The van der Waals surface area contributed by atoms with Gasteiger partial charge in [-0.3, -0.25) is 0 Å². The summed E-state index contributed by atoms with van der Waals surface area (Å²) >= 11 is 6.02. The smallest absolute Gasteiger partial charge is 0.227 e. The van der Waals surface area contributed by atoms with Crippen molar-refractivity contribution in [1.29, 1.82) is 0 Å². The summed E-state index contributed by atoms with van der Waals surface area (Å²) in [5.41, 5.74) is 3.68. The van der Waals surface area contributed by atoms with Crippen molar-refractivity contribution in [2.24, 2.45) is 0 Å². The van der Waals surface area contributed by atoms with Gasteiger partial charge in [0.2, 0.25) is 5.95 Å². The Balaban J connectivity index is 1.73. The fourth-order valence-electron chi connectivity index (χ4n) is 2.38. The average molecular weight is 355 g/mol. The van der Waals surface area contributed by atoms with Gasteiger partial charge in [-0.05, 0) is 44.2 Å². The minimum absolute atomic E-state index is 0.430. The normalized spacial score (nSPS) is 10.6. The van der Waals surface area contributed by atoms with Gasteiger partial charge in [0.05, 0.1) is 0 Å². The molecule has 0 fully saturated rings. The molecule has 0 radical (unpaired) electrons. The van der Waals surface area contributed by atoms with Crippen molar-refractivity contribution in [2.45, 2.75) is 27.2 Å². The van der Waals surface area contributed by atoms with E-state index in [0.29, 0.717) is 22.7 Å². The van der Waals surface area contributed by atoms with Crippen LogP contribution in [0.1, 0.15) is 24.1 Å². The summed E-state index contributed by atoms with van der Waals surface area (Å²) in [5, 5.41) is 6.87. The van der Waals surface area contributed by atoms with Crippen LogP contribution in [-0.2, 0) is 6.42 Å². The largest absolute Gasteiger partial charge is 0.340 e. The minimum Gasteiger partial charge on any atom is -0.340 e. The van der Waals surface area contributed by atoms with E-state index in [4.69, 9.17) is 11.6 Å². The van der Waals surface area contributed by atoms with E-state index in [1.165, 1.54) is 0 Å². The van der Waals surface area contributed by atoms with Crippen LogP contribution in [0, 0.1) is 13.8 Å². The Kier molecular flexibility index (Phi) is 5.09. The maximum absolute atomic E-state index is 6.02. The first-order valence-electron chi connectivity index (χ1n) is 8.01. The van der Waals surface area contributed by atoms with Crippen LogP contribution in [0.15, 0.2) is 36.4 Å². The third-order valence-corrected chi connectivity index (χ3v) is 3.65. The first kappa shape index (κ1) is 17.1. The van der Waals surface area contributed by atoms with Gasteiger partial charge in [-0.1, -0.05) is 18.5 Å². The van der Waals surface area contributed by atoms with Crippen LogP contribution in [0.4, 0.5) is 23.1 Å². The van der Waals surface area contributed by atoms with Crippen molar-refractivity contribution in [2.75, 3.05) is 10.6 Å². The highest BCUT2D eigenvalue weighted by Gasteiger charge is 2.04. The number of hydrogen-bond acceptors (Lipinski definition) is 6. The van der Waals surface area contributed by atoms with Crippen LogP contribution < -0.4 is 10.6 Å². The number of hydrogen-bond donors (Lipinski definition) is 2. The second kappa shape index (κ2) is 7.44. The van der Waals surface area contributed by atoms with E-state index in [-0.39, 0.29) is 0 Å². The predicted molar refractivity (Wildman–Crippen MR) is 101 cm³/mol. The van der Waals surface area contributed by atoms with Gasteiger partial charge in [-0.2, -0.15) is 0 Å². The summed E-state index contributed by atoms with van der Waals surface area (Å²) in [4.78, 5) is 17.3. The molecular formula is C18H19ClN6. The third-order valence-electron chi connectivity index (χ3n) is 3.45. The van der Waals surface area contributed by atoms with Crippen molar-refractivity contribution in [3.63, 3.8) is 0 Å². The highest BCUT2D eigenvalue weighted by atomic mass is 35.5. The fourth-order valence-corrected chi connectivity index (χ4v) is 2.58. The monoisotopic (exact) mass is 354 g/mol. The summed E-state index contributed by atoms with van der Waals surface area (Å²) in [6.45, 7) is 5.89. The Hall–Kier alpha value is -2.73. The molecular weight excluding hydrogens is 336 g/mol. The Labute approximate surface area is 151 Å². The lowest BCUT2D eigenvalue weighted by Crippen LogP contribution is -2.01. The van der Waals surface area contributed by atoms with Gasteiger partial charge in [-0.15, -0.1) is 0 Å². The fraction of sp³-hybridized carbons (Fsp3) is 0.222. The van der Waals surface area contributed by atoms with E-state index in [1.807, 2.05) is 51.1 Å². The molecule has 2 N–H and O–H groups in total. The minimum atomic E-state index is 0.430. The van der Waals surface area contributed by atoms with Crippen molar-refractivity contribution in [3.05, 3.63) is 58.8 Å². The molecule has 0 aliphatic rings. The van der Waals surface area contributed by atoms with Gasteiger partial charge in [0.15, 0.2) is 0 Å². The molecule has 2 aromatic heterocycles. The molecule has 25 heavy (non-hydrogen) atoms. The van der Waals surface area contributed by atoms with Gasteiger partial charge in [0.25, 0.3) is 0 Å².